The predicted octanol–water partition coefficient (Wildman–Crippen LogP) is 1.14. The van der Waals surface area contributed by atoms with Gasteiger partial charge in [-0.2, -0.15) is 0 Å². The quantitative estimate of drug-likeness (QED) is 0.811. The van der Waals surface area contributed by atoms with E-state index in [4.69, 9.17) is 5.73 Å². The summed E-state index contributed by atoms with van der Waals surface area (Å²) in [5, 5.41) is 0. The van der Waals surface area contributed by atoms with E-state index in [1.54, 1.807) is 32.2 Å². The van der Waals surface area contributed by atoms with Gasteiger partial charge in [0.05, 0.1) is 4.90 Å². The van der Waals surface area contributed by atoms with Gasteiger partial charge in [-0.15, -0.1) is 0 Å². The lowest BCUT2D eigenvalue weighted by Crippen LogP contribution is -2.28. The fourth-order valence-electron chi connectivity index (χ4n) is 2.26. The highest BCUT2D eigenvalue weighted by molar-refractivity contribution is 7.89. The van der Waals surface area contributed by atoms with Crippen LogP contribution in [0.2, 0.25) is 0 Å². The number of imidazole rings is 1. The molecule has 0 atom stereocenters. The molecule has 1 heterocycles. The molecule has 1 aromatic heterocycles. The highest BCUT2D eigenvalue weighted by Crippen LogP contribution is 2.24. The number of nitrogens with zero attached hydrogens (tertiary/aromatic N) is 2. The van der Waals surface area contributed by atoms with Crippen molar-refractivity contribution in [1.29, 1.82) is 0 Å². The van der Waals surface area contributed by atoms with Crippen LogP contribution in [0.1, 0.15) is 17.0 Å². The Labute approximate surface area is 125 Å². The first-order valence-corrected chi connectivity index (χ1v) is 8.13. The number of nitrogens with one attached hydrogen (secondary N) is 1. The molecule has 0 amide bonds. The number of aromatic nitrogens is 2. The maximum atomic E-state index is 12.4. The molecule has 0 unspecified atom stereocenters. The number of hydrogen-bond donors (Lipinski definition) is 2. The second kappa shape index (κ2) is 5.87. The highest BCUT2D eigenvalue weighted by Gasteiger charge is 2.20. The zero-order valence-electron chi connectivity index (χ0n) is 12.4. The van der Waals surface area contributed by atoms with Crippen molar-refractivity contribution in [2.24, 2.45) is 7.05 Å². The van der Waals surface area contributed by atoms with Gasteiger partial charge in [-0.1, -0.05) is 6.07 Å². The normalized spacial score (nSPS) is 11.8. The summed E-state index contributed by atoms with van der Waals surface area (Å²) in [6, 6.07) is 3.44. The van der Waals surface area contributed by atoms with E-state index in [1.807, 2.05) is 17.8 Å². The molecule has 0 aliphatic heterocycles. The van der Waals surface area contributed by atoms with Gasteiger partial charge < -0.3 is 10.3 Å². The fraction of sp³-hybridized carbons (Fsp3) is 0.357. The van der Waals surface area contributed by atoms with Crippen molar-refractivity contribution >= 4 is 15.7 Å². The Hall–Kier alpha value is -1.86. The number of nitrogens with two attached hydrogens (primary N) is 1. The Morgan fingerprint density at radius 1 is 1.33 bits per heavy atom. The maximum absolute atomic E-state index is 12.4. The molecule has 0 saturated heterocycles. The first-order valence-electron chi connectivity index (χ1n) is 6.64. The lowest BCUT2D eigenvalue weighted by Gasteiger charge is -2.13. The number of rotatable bonds is 5. The molecule has 0 aliphatic carbocycles. The zero-order chi connectivity index (χ0) is 15.6. The third kappa shape index (κ3) is 3.25. The molecular formula is C14H20N4O2S. The lowest BCUT2D eigenvalue weighted by molar-refractivity contribution is 0.579. The summed E-state index contributed by atoms with van der Waals surface area (Å²) in [6.07, 6.45) is 4.05. The van der Waals surface area contributed by atoms with E-state index in [0.717, 1.165) is 5.82 Å². The summed E-state index contributed by atoms with van der Waals surface area (Å²) in [4.78, 5) is 4.43. The molecule has 0 spiro atoms. The van der Waals surface area contributed by atoms with E-state index in [1.165, 1.54) is 0 Å². The van der Waals surface area contributed by atoms with Crippen LogP contribution in [0, 0.1) is 13.8 Å². The van der Waals surface area contributed by atoms with Crippen molar-refractivity contribution in [1.82, 2.24) is 14.3 Å². The number of anilines is 1. The van der Waals surface area contributed by atoms with Crippen molar-refractivity contribution in [2.75, 3.05) is 12.3 Å². The molecule has 0 bridgehead atoms. The van der Waals surface area contributed by atoms with Crippen molar-refractivity contribution in [3.05, 3.63) is 41.5 Å². The van der Waals surface area contributed by atoms with Crippen LogP contribution in [0.25, 0.3) is 0 Å². The van der Waals surface area contributed by atoms with Gasteiger partial charge in [-0.25, -0.2) is 18.1 Å². The van der Waals surface area contributed by atoms with Crippen LogP contribution < -0.4 is 10.5 Å². The third-order valence-corrected chi connectivity index (χ3v) is 5.22. The zero-order valence-corrected chi connectivity index (χ0v) is 13.2. The smallest absolute Gasteiger partial charge is 0.241 e. The summed E-state index contributed by atoms with van der Waals surface area (Å²) in [6.45, 7) is 3.77. The van der Waals surface area contributed by atoms with Crippen molar-refractivity contribution in [2.45, 2.75) is 25.2 Å². The van der Waals surface area contributed by atoms with Gasteiger partial charge in [0, 0.05) is 38.1 Å². The maximum Gasteiger partial charge on any atom is 0.241 e. The molecule has 0 aliphatic rings. The number of nitrogen functional groups attached to an aromatic ring is 1. The van der Waals surface area contributed by atoms with Crippen molar-refractivity contribution < 1.29 is 8.42 Å². The molecule has 7 heteroatoms. The van der Waals surface area contributed by atoms with Crippen LogP contribution in [-0.2, 0) is 23.5 Å². The van der Waals surface area contributed by atoms with Crippen LogP contribution >= 0.6 is 0 Å². The number of benzene rings is 1. The van der Waals surface area contributed by atoms with Crippen LogP contribution in [0.15, 0.2) is 29.4 Å². The Morgan fingerprint density at radius 3 is 2.67 bits per heavy atom. The largest absolute Gasteiger partial charge is 0.398 e. The molecular weight excluding hydrogens is 288 g/mol. The van der Waals surface area contributed by atoms with Gasteiger partial charge in [0.15, 0.2) is 0 Å². The van der Waals surface area contributed by atoms with E-state index >= 15 is 0 Å². The highest BCUT2D eigenvalue weighted by atomic mass is 32.2. The van der Waals surface area contributed by atoms with Crippen molar-refractivity contribution in [3.8, 4) is 0 Å². The summed E-state index contributed by atoms with van der Waals surface area (Å²) in [5.74, 6) is 0.832. The number of aryl methyl sites for hydroxylation is 2. The molecule has 21 heavy (non-hydrogen) atoms. The molecule has 114 valence electrons. The van der Waals surface area contributed by atoms with E-state index in [0.29, 0.717) is 29.8 Å². The van der Waals surface area contributed by atoms with Gasteiger partial charge in [-0.3, -0.25) is 0 Å². The van der Waals surface area contributed by atoms with Crippen molar-refractivity contribution in [3.63, 3.8) is 0 Å². The second-order valence-corrected chi connectivity index (χ2v) is 6.73. The average Bonchev–Trinajstić information content (AvgIpc) is 2.80. The predicted molar refractivity (Wildman–Crippen MR) is 82.4 cm³/mol. The Balaban J connectivity index is 2.16. The SMILES string of the molecule is Cc1ccc(N)c(C)c1S(=O)(=O)NCCc1nccn1C. The molecule has 0 fully saturated rings. The van der Waals surface area contributed by atoms with Gasteiger partial charge in [-0.05, 0) is 31.0 Å². The van der Waals surface area contributed by atoms with E-state index in [9.17, 15) is 8.42 Å². The van der Waals surface area contributed by atoms with Gasteiger partial charge >= 0.3 is 0 Å². The molecule has 1 aromatic carbocycles. The average molecular weight is 308 g/mol. The van der Waals surface area contributed by atoms with Gasteiger partial charge in [0.1, 0.15) is 5.82 Å². The summed E-state index contributed by atoms with van der Waals surface area (Å²) < 4.78 is 29.4. The first kappa shape index (κ1) is 15.5. The molecule has 2 aromatic rings. The Kier molecular flexibility index (Phi) is 4.34. The van der Waals surface area contributed by atoms with Crippen LogP contribution in [0.3, 0.4) is 0 Å². The summed E-state index contributed by atoms with van der Waals surface area (Å²) in [7, 11) is -1.70. The monoisotopic (exact) mass is 308 g/mol. The van der Waals surface area contributed by atoms with Crippen LogP contribution in [-0.4, -0.2) is 24.5 Å². The lowest BCUT2D eigenvalue weighted by atomic mass is 10.1. The minimum absolute atomic E-state index is 0.266. The van der Waals surface area contributed by atoms with Crippen LogP contribution in [0.5, 0.6) is 0 Å². The van der Waals surface area contributed by atoms with Gasteiger partial charge in [0.2, 0.25) is 10.0 Å². The fourth-order valence-corrected chi connectivity index (χ4v) is 3.79. The standard InChI is InChI=1S/C14H20N4O2S/c1-10-4-5-12(15)11(2)14(10)21(19,20)17-7-6-13-16-8-9-18(13)3/h4-5,8-9,17H,6-7,15H2,1-3H3. The molecule has 6 nitrogen and oxygen atoms in total. The van der Waals surface area contributed by atoms with E-state index in [-0.39, 0.29) is 4.90 Å². The Bertz CT molecular complexity index is 750. The number of hydrogen-bond acceptors (Lipinski definition) is 4. The number of sulfonamides is 1. The summed E-state index contributed by atoms with van der Waals surface area (Å²) >= 11 is 0. The minimum Gasteiger partial charge on any atom is -0.398 e. The van der Waals surface area contributed by atoms with E-state index < -0.39 is 10.0 Å². The molecule has 3 N–H and O–H groups in total. The third-order valence-electron chi connectivity index (χ3n) is 3.48. The van der Waals surface area contributed by atoms with Crippen LogP contribution in [0.4, 0.5) is 5.69 Å². The first-order chi connectivity index (χ1) is 9.83. The van der Waals surface area contributed by atoms with E-state index in [2.05, 4.69) is 9.71 Å². The minimum atomic E-state index is -3.58. The Morgan fingerprint density at radius 2 is 2.05 bits per heavy atom. The topological polar surface area (TPSA) is 90.0 Å². The van der Waals surface area contributed by atoms with Gasteiger partial charge in [0.25, 0.3) is 0 Å². The molecule has 0 radical (unpaired) electrons. The second-order valence-electron chi connectivity index (χ2n) is 5.03. The molecule has 2 rings (SSSR count). The molecule has 0 saturated carbocycles. The summed E-state index contributed by atoms with van der Waals surface area (Å²) in [5.41, 5.74) is 7.55.